The molecule has 29 heavy (non-hydrogen) atoms. The van der Waals surface area contributed by atoms with Crippen molar-refractivity contribution in [3.63, 3.8) is 0 Å². The van der Waals surface area contributed by atoms with E-state index in [1.54, 1.807) is 6.07 Å². The van der Waals surface area contributed by atoms with E-state index in [4.69, 9.17) is 0 Å². The maximum Gasteiger partial charge on any atom is 0.416 e. The van der Waals surface area contributed by atoms with Crippen LogP contribution in [-0.4, -0.2) is 43.0 Å². The summed E-state index contributed by atoms with van der Waals surface area (Å²) in [7, 11) is 1.82. The van der Waals surface area contributed by atoms with E-state index in [0.717, 1.165) is 38.4 Å². The van der Waals surface area contributed by atoms with Crippen molar-refractivity contribution in [3.8, 4) is 0 Å². The predicted octanol–water partition coefficient (Wildman–Crippen LogP) is 3.67. The Morgan fingerprint density at radius 2 is 2.00 bits per heavy atom. The van der Waals surface area contributed by atoms with E-state index in [1.165, 1.54) is 12.1 Å². The molecule has 0 spiro atoms. The number of halogens is 3. The molecule has 1 saturated heterocycles. The molecule has 2 N–H and O–H groups in total. The van der Waals surface area contributed by atoms with Crippen LogP contribution in [0.1, 0.15) is 44.2 Å². The molecule has 4 atom stereocenters. The number of carbonyl (C=O) groups excluding carboxylic acids is 1. The highest BCUT2D eigenvalue weighted by Gasteiger charge is 2.43. The Hall–Kier alpha value is -1.60. The second-order valence-electron chi connectivity index (χ2n) is 8.98. The monoisotopic (exact) mass is 411 g/mol. The summed E-state index contributed by atoms with van der Waals surface area (Å²) in [4.78, 5) is 14.9. The lowest BCUT2D eigenvalue weighted by Crippen LogP contribution is -2.49. The van der Waals surface area contributed by atoms with Crippen LogP contribution in [0.5, 0.6) is 0 Å². The molecular weight excluding hydrogens is 379 g/mol. The maximum atomic E-state index is 13.0. The third-order valence-electron chi connectivity index (χ3n) is 6.29. The lowest BCUT2D eigenvalue weighted by atomic mass is 9.97. The molecule has 0 radical (unpaired) electrons. The molecule has 2 fully saturated rings. The molecule has 1 aliphatic heterocycles. The van der Waals surface area contributed by atoms with Crippen LogP contribution in [0.3, 0.4) is 0 Å². The van der Waals surface area contributed by atoms with E-state index in [-0.39, 0.29) is 18.0 Å². The van der Waals surface area contributed by atoms with Crippen molar-refractivity contribution in [2.75, 3.05) is 20.1 Å². The summed E-state index contributed by atoms with van der Waals surface area (Å²) < 4.78 is 38.9. The average molecular weight is 412 g/mol. The van der Waals surface area contributed by atoms with Gasteiger partial charge in [-0.15, -0.1) is 0 Å². The Kier molecular flexibility index (Phi) is 6.89. The van der Waals surface area contributed by atoms with Crippen LogP contribution in [0.4, 0.5) is 13.2 Å². The molecule has 7 heteroatoms. The number of nitrogens with zero attached hydrogens (tertiary/aromatic N) is 1. The Bertz CT molecular complexity index is 707. The minimum atomic E-state index is -4.31. The minimum Gasteiger partial charge on any atom is -0.352 e. The zero-order valence-electron chi connectivity index (χ0n) is 17.4. The zero-order chi connectivity index (χ0) is 21.2. The summed E-state index contributed by atoms with van der Waals surface area (Å²) in [5, 5.41) is 6.35. The Morgan fingerprint density at radius 3 is 2.66 bits per heavy atom. The molecule has 162 valence electrons. The highest BCUT2D eigenvalue weighted by molar-refractivity contribution is 5.82. The van der Waals surface area contributed by atoms with Crippen molar-refractivity contribution < 1.29 is 18.0 Å². The first-order valence-corrected chi connectivity index (χ1v) is 10.5. The molecule has 1 aliphatic carbocycles. The van der Waals surface area contributed by atoms with Gasteiger partial charge in [0.15, 0.2) is 0 Å². The first kappa shape index (κ1) is 22.1. The van der Waals surface area contributed by atoms with Crippen molar-refractivity contribution in [2.45, 2.75) is 57.9 Å². The summed E-state index contributed by atoms with van der Waals surface area (Å²) in [6.45, 7) is 6.43. The van der Waals surface area contributed by atoms with Gasteiger partial charge in [-0.2, -0.15) is 13.2 Å². The maximum absolute atomic E-state index is 13.0. The number of likely N-dealkylation sites (tertiary alicyclic amines) is 1. The van der Waals surface area contributed by atoms with Crippen molar-refractivity contribution in [1.29, 1.82) is 0 Å². The molecule has 0 bridgehead atoms. The van der Waals surface area contributed by atoms with E-state index < -0.39 is 11.7 Å². The topological polar surface area (TPSA) is 44.4 Å². The SMILES string of the molecule is CNC(CC(C)C)C(=O)NC1CC[C@H]2CN(Cc3cccc(C(F)(F)F)c3)CC12. The van der Waals surface area contributed by atoms with E-state index in [0.29, 0.717) is 29.9 Å². The summed E-state index contributed by atoms with van der Waals surface area (Å²) in [5.74, 6) is 1.37. The molecular formula is C22H32F3N3O. The number of alkyl halides is 3. The third kappa shape index (κ3) is 5.51. The molecule has 1 amide bonds. The van der Waals surface area contributed by atoms with Gasteiger partial charge in [-0.3, -0.25) is 9.69 Å². The smallest absolute Gasteiger partial charge is 0.352 e. The van der Waals surface area contributed by atoms with Crippen LogP contribution < -0.4 is 10.6 Å². The van der Waals surface area contributed by atoms with Crippen LogP contribution in [0.2, 0.25) is 0 Å². The fourth-order valence-electron chi connectivity index (χ4n) is 4.88. The summed E-state index contributed by atoms with van der Waals surface area (Å²) in [6.07, 6.45) is -1.47. The zero-order valence-corrected chi connectivity index (χ0v) is 17.4. The standard InChI is InChI=1S/C22H32F3N3O/c1-14(2)9-20(26-3)21(29)27-19-8-7-16-12-28(13-18(16)19)11-15-5-4-6-17(10-15)22(23,24)25/h4-6,10,14,16,18-20,26H,7-9,11-13H2,1-3H3,(H,27,29)/t16-,18?,19?,20?/m0/s1. The normalized spacial score (nSPS) is 26.0. The predicted molar refractivity (Wildman–Crippen MR) is 107 cm³/mol. The van der Waals surface area contributed by atoms with Crippen LogP contribution in [0.25, 0.3) is 0 Å². The highest BCUT2D eigenvalue weighted by Crippen LogP contribution is 2.39. The number of nitrogens with one attached hydrogen (secondary N) is 2. The molecule has 1 heterocycles. The quantitative estimate of drug-likeness (QED) is 0.720. The number of carbonyl (C=O) groups is 1. The molecule has 1 aromatic rings. The van der Waals surface area contributed by atoms with Gasteiger partial charge in [-0.25, -0.2) is 0 Å². The van der Waals surface area contributed by atoms with Gasteiger partial charge in [-0.1, -0.05) is 32.0 Å². The molecule has 4 nitrogen and oxygen atoms in total. The number of hydrogen-bond donors (Lipinski definition) is 2. The fourth-order valence-corrected chi connectivity index (χ4v) is 4.88. The highest BCUT2D eigenvalue weighted by atomic mass is 19.4. The van der Waals surface area contributed by atoms with E-state index in [2.05, 4.69) is 29.4 Å². The molecule has 0 aromatic heterocycles. The third-order valence-corrected chi connectivity index (χ3v) is 6.29. The average Bonchev–Trinajstić information content (AvgIpc) is 3.20. The van der Waals surface area contributed by atoms with Crippen LogP contribution >= 0.6 is 0 Å². The molecule has 1 saturated carbocycles. The number of hydrogen-bond acceptors (Lipinski definition) is 3. The molecule has 2 aliphatic rings. The summed E-state index contributed by atoms with van der Waals surface area (Å²) >= 11 is 0. The van der Waals surface area contributed by atoms with Gasteiger partial charge in [-0.05, 0) is 55.7 Å². The second kappa shape index (κ2) is 9.04. The van der Waals surface area contributed by atoms with Gasteiger partial charge in [0, 0.05) is 25.7 Å². The van der Waals surface area contributed by atoms with Crippen molar-refractivity contribution in [2.24, 2.45) is 17.8 Å². The Balaban J connectivity index is 1.58. The van der Waals surface area contributed by atoms with E-state index >= 15 is 0 Å². The summed E-state index contributed by atoms with van der Waals surface area (Å²) in [5.41, 5.74) is 0.0929. The van der Waals surface area contributed by atoms with Crippen molar-refractivity contribution in [1.82, 2.24) is 15.5 Å². The first-order valence-electron chi connectivity index (χ1n) is 10.5. The van der Waals surface area contributed by atoms with Gasteiger partial charge in [0.2, 0.25) is 5.91 Å². The van der Waals surface area contributed by atoms with Crippen molar-refractivity contribution in [3.05, 3.63) is 35.4 Å². The minimum absolute atomic E-state index is 0.0585. The van der Waals surface area contributed by atoms with Gasteiger partial charge in [0.05, 0.1) is 11.6 Å². The number of fused-ring (bicyclic) bond motifs is 1. The van der Waals surface area contributed by atoms with Gasteiger partial charge in [0.25, 0.3) is 0 Å². The largest absolute Gasteiger partial charge is 0.416 e. The fraction of sp³-hybridized carbons (Fsp3) is 0.682. The second-order valence-corrected chi connectivity index (χ2v) is 8.98. The van der Waals surface area contributed by atoms with Crippen molar-refractivity contribution >= 4 is 5.91 Å². The van der Waals surface area contributed by atoms with Gasteiger partial charge < -0.3 is 10.6 Å². The van der Waals surface area contributed by atoms with Crippen LogP contribution in [0.15, 0.2) is 24.3 Å². The lowest BCUT2D eigenvalue weighted by Gasteiger charge is -2.25. The Labute approximate surface area is 171 Å². The Morgan fingerprint density at radius 1 is 1.24 bits per heavy atom. The number of amides is 1. The molecule has 3 unspecified atom stereocenters. The van der Waals surface area contributed by atoms with Crippen LogP contribution in [-0.2, 0) is 17.5 Å². The molecule has 3 rings (SSSR count). The lowest BCUT2D eigenvalue weighted by molar-refractivity contribution is -0.137. The molecule has 1 aromatic carbocycles. The summed E-state index contributed by atoms with van der Waals surface area (Å²) in [6, 6.07) is 5.56. The van der Waals surface area contributed by atoms with Gasteiger partial charge >= 0.3 is 6.18 Å². The van der Waals surface area contributed by atoms with Crippen LogP contribution in [0, 0.1) is 17.8 Å². The number of benzene rings is 1. The van der Waals surface area contributed by atoms with E-state index in [9.17, 15) is 18.0 Å². The van der Waals surface area contributed by atoms with Gasteiger partial charge in [0.1, 0.15) is 0 Å². The number of likely N-dealkylation sites (N-methyl/N-ethyl adjacent to an activating group) is 1. The first-order chi connectivity index (χ1) is 13.7. The number of rotatable bonds is 7. The van der Waals surface area contributed by atoms with E-state index in [1.807, 2.05) is 7.05 Å².